The predicted molar refractivity (Wildman–Crippen MR) is 111 cm³/mol. The van der Waals surface area contributed by atoms with E-state index in [1.54, 1.807) is 0 Å². The molecule has 1 saturated heterocycles. The zero-order valence-electron chi connectivity index (χ0n) is 16.4. The normalized spacial score (nSPS) is 22.0. The fourth-order valence-corrected chi connectivity index (χ4v) is 5.57. The first-order chi connectivity index (χ1) is 14.8. The Kier molecular flexibility index (Phi) is 4.85. The number of nitrogens with two attached hydrogens (primary N) is 1. The second-order valence-electron chi connectivity index (χ2n) is 8.29. The van der Waals surface area contributed by atoms with Gasteiger partial charge < -0.3 is 15.2 Å². The number of nitrogens with one attached hydrogen (secondary N) is 1. The van der Waals surface area contributed by atoms with Crippen molar-refractivity contribution in [2.24, 2.45) is 11.7 Å². The molecule has 3 heterocycles. The van der Waals surface area contributed by atoms with E-state index in [9.17, 15) is 14.0 Å². The first kappa shape index (κ1) is 20.5. The number of alkyl halides is 1. The first-order valence-electron chi connectivity index (χ1n) is 10.2. The Morgan fingerprint density at radius 1 is 1.06 bits per heavy atom. The summed E-state index contributed by atoms with van der Waals surface area (Å²) in [4.78, 5) is 26.6. The lowest BCUT2D eigenvalue weighted by Crippen LogP contribution is -2.49. The van der Waals surface area contributed by atoms with E-state index in [-0.39, 0.29) is 47.2 Å². The summed E-state index contributed by atoms with van der Waals surface area (Å²) < 4.78 is 62.8. The average molecular weight is 456 g/mol. The summed E-state index contributed by atoms with van der Waals surface area (Å²) >= 11 is 0.878. The van der Waals surface area contributed by atoms with Gasteiger partial charge in [-0.15, -0.1) is 0 Å². The summed E-state index contributed by atoms with van der Waals surface area (Å²) in [5, 5.41) is -1.04. The Morgan fingerprint density at radius 3 is 2.45 bits per heavy atom. The molecule has 0 amide bonds. The second kappa shape index (κ2) is 7.33. The Morgan fingerprint density at radius 2 is 1.81 bits per heavy atom. The molecular weight excluding hydrogens is 436 g/mol. The van der Waals surface area contributed by atoms with Gasteiger partial charge in [0.15, 0.2) is 17.5 Å². The minimum absolute atomic E-state index is 0.0385. The van der Waals surface area contributed by atoms with Gasteiger partial charge in [0.25, 0.3) is 5.56 Å². The number of rotatable bonds is 4. The standard InChI is InChI=1S/C20H20F4N4O2S/c21-5-3-8-4-6-27(7-10(8)25)17-14(23)13(22)11-16(15(17)24)28(9-1-2-9)20-12(18(11)29)19(30)26-31-20/h8-10H,1-7,25H2,(H,26,30)/t8-,10-/m1/s1. The van der Waals surface area contributed by atoms with Gasteiger partial charge in [0.2, 0.25) is 5.43 Å². The van der Waals surface area contributed by atoms with Crippen molar-refractivity contribution >= 4 is 38.3 Å². The van der Waals surface area contributed by atoms with Crippen LogP contribution in [0.3, 0.4) is 0 Å². The topological polar surface area (TPSA) is 84.1 Å². The van der Waals surface area contributed by atoms with Gasteiger partial charge >= 0.3 is 0 Å². The van der Waals surface area contributed by atoms with Crippen LogP contribution in [0.15, 0.2) is 9.59 Å². The number of anilines is 1. The van der Waals surface area contributed by atoms with Gasteiger partial charge in [-0.3, -0.25) is 18.4 Å². The summed E-state index contributed by atoms with van der Waals surface area (Å²) in [5.74, 6) is -4.12. The minimum atomic E-state index is -1.48. The molecule has 1 saturated carbocycles. The highest BCUT2D eigenvalue weighted by atomic mass is 32.1. The molecule has 2 aromatic heterocycles. The van der Waals surface area contributed by atoms with Gasteiger partial charge in [-0.2, -0.15) is 0 Å². The van der Waals surface area contributed by atoms with E-state index in [1.807, 2.05) is 0 Å². The Balaban J connectivity index is 1.77. The Labute approximate surface area is 177 Å². The third-order valence-corrected chi connectivity index (χ3v) is 7.26. The van der Waals surface area contributed by atoms with Gasteiger partial charge in [-0.1, -0.05) is 0 Å². The van der Waals surface area contributed by atoms with Gasteiger partial charge in [-0.05, 0) is 43.1 Å². The molecule has 1 aliphatic carbocycles. The van der Waals surface area contributed by atoms with Crippen molar-refractivity contribution in [3.8, 4) is 0 Å². The molecule has 1 aliphatic heterocycles. The fraction of sp³-hybridized carbons (Fsp3) is 0.500. The van der Waals surface area contributed by atoms with Crippen LogP contribution in [-0.4, -0.2) is 34.7 Å². The summed E-state index contributed by atoms with van der Waals surface area (Å²) in [7, 11) is 0. The Bertz CT molecular complexity index is 1310. The molecule has 0 spiro atoms. The minimum Gasteiger partial charge on any atom is -0.365 e. The molecule has 2 fully saturated rings. The number of H-pyrrole nitrogens is 1. The van der Waals surface area contributed by atoms with Crippen molar-refractivity contribution in [1.82, 2.24) is 8.94 Å². The molecule has 1 aromatic carbocycles. The number of piperidine rings is 1. The molecule has 2 atom stereocenters. The fourth-order valence-electron chi connectivity index (χ4n) is 4.65. The van der Waals surface area contributed by atoms with Crippen LogP contribution in [-0.2, 0) is 0 Å². The predicted octanol–water partition coefficient (Wildman–Crippen LogP) is 3.17. The molecule has 2 aliphatic rings. The highest BCUT2D eigenvalue weighted by molar-refractivity contribution is 7.12. The third-order valence-electron chi connectivity index (χ3n) is 6.38. The zero-order valence-corrected chi connectivity index (χ0v) is 17.2. The second-order valence-corrected chi connectivity index (χ2v) is 9.09. The van der Waals surface area contributed by atoms with Crippen molar-refractivity contribution < 1.29 is 17.6 Å². The maximum atomic E-state index is 15.8. The zero-order chi connectivity index (χ0) is 22.0. The molecule has 31 heavy (non-hydrogen) atoms. The van der Waals surface area contributed by atoms with E-state index in [1.165, 1.54) is 9.47 Å². The molecule has 3 aromatic rings. The number of aromatic nitrogens is 2. The van der Waals surface area contributed by atoms with Gasteiger partial charge in [-0.25, -0.2) is 13.2 Å². The van der Waals surface area contributed by atoms with E-state index >= 15 is 13.2 Å². The summed E-state index contributed by atoms with van der Waals surface area (Å²) in [5.41, 5.74) is 3.46. The average Bonchev–Trinajstić information content (AvgIpc) is 3.50. The van der Waals surface area contributed by atoms with Crippen LogP contribution in [0.2, 0.25) is 0 Å². The van der Waals surface area contributed by atoms with Crippen LogP contribution in [0.4, 0.5) is 23.2 Å². The molecule has 166 valence electrons. The van der Waals surface area contributed by atoms with Gasteiger partial charge in [0.05, 0.1) is 17.6 Å². The van der Waals surface area contributed by atoms with Gasteiger partial charge in [0, 0.05) is 25.2 Å². The number of nitrogens with zero attached hydrogens (tertiary/aromatic N) is 2. The summed E-state index contributed by atoms with van der Waals surface area (Å²) in [6.07, 6.45) is 2.02. The maximum absolute atomic E-state index is 15.8. The first-order valence-corrected chi connectivity index (χ1v) is 11.0. The van der Waals surface area contributed by atoms with Crippen LogP contribution in [0.25, 0.3) is 21.1 Å². The van der Waals surface area contributed by atoms with Crippen molar-refractivity contribution in [3.63, 3.8) is 0 Å². The molecule has 5 rings (SSSR count). The molecule has 3 N–H and O–H groups in total. The number of pyridine rings is 1. The van der Waals surface area contributed by atoms with Crippen LogP contribution in [0, 0.1) is 23.4 Å². The van der Waals surface area contributed by atoms with Crippen LogP contribution in [0.5, 0.6) is 0 Å². The van der Waals surface area contributed by atoms with E-state index in [0.29, 0.717) is 19.3 Å². The lowest BCUT2D eigenvalue weighted by atomic mass is 9.89. The highest BCUT2D eigenvalue weighted by Crippen LogP contribution is 2.43. The maximum Gasteiger partial charge on any atom is 0.271 e. The van der Waals surface area contributed by atoms with Crippen molar-refractivity contribution in [3.05, 3.63) is 38.0 Å². The van der Waals surface area contributed by atoms with Crippen LogP contribution >= 0.6 is 11.5 Å². The summed E-state index contributed by atoms with van der Waals surface area (Å²) in [6, 6.07) is -0.730. The number of hydrogen-bond donors (Lipinski definition) is 2. The molecular formula is C20H20F4N4O2S. The summed E-state index contributed by atoms with van der Waals surface area (Å²) in [6.45, 7) is -0.309. The Hall–Kier alpha value is -2.40. The number of aromatic amines is 1. The monoisotopic (exact) mass is 456 g/mol. The quantitative estimate of drug-likeness (QED) is 0.467. The van der Waals surface area contributed by atoms with E-state index in [4.69, 9.17) is 5.73 Å². The van der Waals surface area contributed by atoms with E-state index in [0.717, 1.165) is 11.5 Å². The largest absolute Gasteiger partial charge is 0.365 e. The van der Waals surface area contributed by atoms with Gasteiger partial charge in [0.1, 0.15) is 15.9 Å². The number of benzene rings is 1. The number of fused-ring (bicyclic) bond motifs is 2. The van der Waals surface area contributed by atoms with Crippen molar-refractivity contribution in [2.75, 3.05) is 24.7 Å². The van der Waals surface area contributed by atoms with Crippen LogP contribution in [0.1, 0.15) is 31.7 Å². The third kappa shape index (κ3) is 3.00. The number of hydrogen-bond acceptors (Lipinski definition) is 5. The van der Waals surface area contributed by atoms with Crippen molar-refractivity contribution in [2.45, 2.75) is 37.8 Å². The smallest absolute Gasteiger partial charge is 0.271 e. The van der Waals surface area contributed by atoms with E-state index < -0.39 is 52.2 Å². The number of halogens is 4. The highest BCUT2D eigenvalue weighted by Gasteiger charge is 2.36. The molecule has 0 radical (unpaired) electrons. The van der Waals surface area contributed by atoms with Crippen LogP contribution < -0.4 is 21.6 Å². The lowest BCUT2D eigenvalue weighted by molar-refractivity contribution is 0.295. The molecule has 6 nitrogen and oxygen atoms in total. The molecule has 0 bridgehead atoms. The molecule has 0 unspecified atom stereocenters. The SMILES string of the molecule is N[C@@H]1CN(c2c(F)c(F)c3c(=O)c4c(=O)[nH]sc4n(C4CC4)c3c2F)CC[C@H]1CCF. The lowest BCUT2D eigenvalue weighted by Gasteiger charge is -2.38. The van der Waals surface area contributed by atoms with Crippen molar-refractivity contribution in [1.29, 1.82) is 0 Å². The molecule has 11 heteroatoms. The van der Waals surface area contributed by atoms with E-state index in [2.05, 4.69) is 4.37 Å².